The number of nitrogens with one attached hydrogen (secondary N) is 1. The van der Waals surface area contributed by atoms with Crippen LogP contribution in [-0.4, -0.2) is 18.0 Å². The Labute approximate surface area is 91.8 Å². The average molecular weight is 207 g/mol. The molecule has 15 heavy (non-hydrogen) atoms. The van der Waals surface area contributed by atoms with E-state index in [1.165, 1.54) is 19.3 Å². The molecule has 3 heteroatoms. The molecule has 4 atom stereocenters. The first-order valence-corrected chi connectivity index (χ1v) is 5.99. The summed E-state index contributed by atoms with van der Waals surface area (Å²) in [5.74, 6) is 2.00. The molecule has 0 spiro atoms. The molecule has 1 heterocycles. The summed E-state index contributed by atoms with van der Waals surface area (Å²) in [6.45, 7) is 4.48. The summed E-state index contributed by atoms with van der Waals surface area (Å²) in [5.41, 5.74) is 5.76. The van der Waals surface area contributed by atoms with Crippen LogP contribution in [0, 0.1) is 11.8 Å². The van der Waals surface area contributed by atoms with Gasteiger partial charge in [-0.25, -0.2) is 4.99 Å². The predicted molar refractivity (Wildman–Crippen MR) is 63.7 cm³/mol. The standard InChI is InChI=1S/C12H21N3/c1-3-5-9-6-4-7-10-11(9)8(2)14-12(13)15-10/h4,7-11H,3,5-6H2,1-2H3,(H3,13,14,15). The van der Waals surface area contributed by atoms with Gasteiger partial charge in [0.15, 0.2) is 5.96 Å². The summed E-state index contributed by atoms with van der Waals surface area (Å²) in [6, 6.07) is 0.764. The van der Waals surface area contributed by atoms with E-state index in [1.807, 2.05) is 0 Å². The van der Waals surface area contributed by atoms with Crippen LogP contribution in [0.25, 0.3) is 0 Å². The number of aliphatic imine (C=N–C) groups is 1. The van der Waals surface area contributed by atoms with Crippen LogP contribution in [-0.2, 0) is 0 Å². The zero-order chi connectivity index (χ0) is 10.8. The van der Waals surface area contributed by atoms with E-state index in [2.05, 4.69) is 36.3 Å². The smallest absolute Gasteiger partial charge is 0.189 e. The van der Waals surface area contributed by atoms with E-state index in [4.69, 9.17) is 5.73 Å². The quantitative estimate of drug-likeness (QED) is 0.676. The summed E-state index contributed by atoms with van der Waals surface area (Å²) in [6.07, 6.45) is 8.26. The van der Waals surface area contributed by atoms with E-state index in [1.54, 1.807) is 0 Å². The number of guanidine groups is 1. The fourth-order valence-electron chi connectivity index (χ4n) is 3.00. The number of nitrogens with zero attached hydrogens (tertiary/aromatic N) is 1. The summed E-state index contributed by atoms with van der Waals surface area (Å²) < 4.78 is 0. The highest BCUT2D eigenvalue weighted by molar-refractivity contribution is 5.79. The third-order valence-corrected chi connectivity index (χ3v) is 3.61. The molecule has 0 aromatic rings. The van der Waals surface area contributed by atoms with Crippen LogP contribution in [0.5, 0.6) is 0 Å². The van der Waals surface area contributed by atoms with Crippen LogP contribution < -0.4 is 11.1 Å². The molecule has 1 aliphatic heterocycles. The summed E-state index contributed by atoms with van der Waals surface area (Å²) in [4.78, 5) is 4.48. The number of rotatable bonds is 2. The predicted octanol–water partition coefficient (Wildman–Crippen LogP) is 1.65. The monoisotopic (exact) mass is 207 g/mol. The average Bonchev–Trinajstić information content (AvgIpc) is 2.17. The Hall–Kier alpha value is -0.990. The SMILES string of the molecule is CCCC1CC=CC2N=C(N)NC(C)C12. The Kier molecular flexibility index (Phi) is 2.98. The van der Waals surface area contributed by atoms with E-state index in [0.717, 1.165) is 5.92 Å². The Morgan fingerprint density at radius 2 is 2.40 bits per heavy atom. The van der Waals surface area contributed by atoms with Crippen molar-refractivity contribution in [3.05, 3.63) is 12.2 Å². The van der Waals surface area contributed by atoms with Gasteiger partial charge in [-0.1, -0.05) is 25.5 Å². The molecule has 2 rings (SSSR count). The highest BCUT2D eigenvalue weighted by atomic mass is 15.2. The van der Waals surface area contributed by atoms with Crippen molar-refractivity contribution in [2.45, 2.75) is 45.2 Å². The van der Waals surface area contributed by atoms with Crippen LogP contribution >= 0.6 is 0 Å². The maximum absolute atomic E-state index is 5.76. The van der Waals surface area contributed by atoms with Gasteiger partial charge in [0.1, 0.15) is 0 Å². The molecule has 0 amide bonds. The van der Waals surface area contributed by atoms with Gasteiger partial charge in [0, 0.05) is 12.0 Å². The fourth-order valence-corrected chi connectivity index (χ4v) is 3.00. The zero-order valence-corrected chi connectivity index (χ0v) is 9.61. The Morgan fingerprint density at radius 1 is 1.60 bits per heavy atom. The van der Waals surface area contributed by atoms with Crippen molar-refractivity contribution in [1.82, 2.24) is 5.32 Å². The van der Waals surface area contributed by atoms with Crippen LogP contribution in [0.3, 0.4) is 0 Å². The molecule has 4 unspecified atom stereocenters. The molecular formula is C12H21N3. The van der Waals surface area contributed by atoms with Gasteiger partial charge in [-0.3, -0.25) is 0 Å². The van der Waals surface area contributed by atoms with Gasteiger partial charge in [-0.15, -0.1) is 0 Å². The van der Waals surface area contributed by atoms with Gasteiger partial charge < -0.3 is 11.1 Å². The number of hydrogen-bond donors (Lipinski definition) is 2. The summed E-state index contributed by atoms with van der Waals surface area (Å²) in [7, 11) is 0. The van der Waals surface area contributed by atoms with E-state index in [9.17, 15) is 0 Å². The normalized spacial score (nSPS) is 39.2. The second-order valence-electron chi connectivity index (χ2n) is 4.73. The minimum Gasteiger partial charge on any atom is -0.370 e. The third-order valence-electron chi connectivity index (χ3n) is 3.61. The molecule has 3 nitrogen and oxygen atoms in total. The highest BCUT2D eigenvalue weighted by Gasteiger charge is 2.36. The minimum absolute atomic E-state index is 0.312. The van der Waals surface area contributed by atoms with Crippen LogP contribution in [0.4, 0.5) is 0 Å². The van der Waals surface area contributed by atoms with Gasteiger partial charge in [0.25, 0.3) is 0 Å². The first-order valence-electron chi connectivity index (χ1n) is 5.99. The summed E-state index contributed by atoms with van der Waals surface area (Å²) >= 11 is 0. The molecule has 0 aromatic carbocycles. The van der Waals surface area contributed by atoms with Crippen LogP contribution in [0.2, 0.25) is 0 Å². The summed E-state index contributed by atoms with van der Waals surface area (Å²) in [5, 5.41) is 3.26. The van der Waals surface area contributed by atoms with Crippen molar-refractivity contribution >= 4 is 5.96 Å². The third kappa shape index (κ3) is 2.01. The van der Waals surface area contributed by atoms with E-state index >= 15 is 0 Å². The zero-order valence-electron chi connectivity index (χ0n) is 9.61. The second kappa shape index (κ2) is 4.25. The molecule has 1 aliphatic carbocycles. The maximum Gasteiger partial charge on any atom is 0.189 e. The van der Waals surface area contributed by atoms with Crippen molar-refractivity contribution < 1.29 is 0 Å². The molecule has 0 radical (unpaired) electrons. The van der Waals surface area contributed by atoms with Crippen molar-refractivity contribution in [3.63, 3.8) is 0 Å². The fraction of sp³-hybridized carbons (Fsp3) is 0.750. The van der Waals surface area contributed by atoms with Gasteiger partial charge in [0.05, 0.1) is 6.04 Å². The van der Waals surface area contributed by atoms with Gasteiger partial charge in [-0.2, -0.15) is 0 Å². The lowest BCUT2D eigenvalue weighted by molar-refractivity contribution is 0.220. The topological polar surface area (TPSA) is 50.4 Å². The minimum atomic E-state index is 0.312. The van der Waals surface area contributed by atoms with Crippen molar-refractivity contribution in [2.24, 2.45) is 22.6 Å². The molecule has 0 saturated heterocycles. The van der Waals surface area contributed by atoms with Gasteiger partial charge in [-0.05, 0) is 25.7 Å². The van der Waals surface area contributed by atoms with Gasteiger partial charge >= 0.3 is 0 Å². The lowest BCUT2D eigenvalue weighted by atomic mass is 9.73. The van der Waals surface area contributed by atoms with E-state index in [-0.39, 0.29) is 0 Å². The van der Waals surface area contributed by atoms with E-state index < -0.39 is 0 Å². The lowest BCUT2D eigenvalue weighted by Crippen LogP contribution is -2.53. The molecule has 0 bridgehead atoms. The first kappa shape index (κ1) is 10.5. The van der Waals surface area contributed by atoms with Gasteiger partial charge in [0.2, 0.25) is 0 Å². The molecule has 0 saturated carbocycles. The Bertz CT molecular complexity index is 283. The lowest BCUT2D eigenvalue weighted by Gasteiger charge is -2.40. The van der Waals surface area contributed by atoms with Crippen LogP contribution in [0.1, 0.15) is 33.1 Å². The maximum atomic E-state index is 5.76. The number of hydrogen-bond acceptors (Lipinski definition) is 3. The highest BCUT2D eigenvalue weighted by Crippen LogP contribution is 2.34. The second-order valence-corrected chi connectivity index (χ2v) is 4.73. The number of allylic oxidation sites excluding steroid dienone is 1. The first-order chi connectivity index (χ1) is 7.22. The Balaban J connectivity index is 2.19. The van der Waals surface area contributed by atoms with Crippen LogP contribution in [0.15, 0.2) is 17.1 Å². The molecule has 0 aromatic heterocycles. The molecule has 0 fully saturated rings. The molecular weight excluding hydrogens is 186 g/mol. The molecule has 84 valence electrons. The Morgan fingerprint density at radius 3 is 3.13 bits per heavy atom. The van der Waals surface area contributed by atoms with Crippen molar-refractivity contribution in [2.75, 3.05) is 0 Å². The van der Waals surface area contributed by atoms with E-state index in [0.29, 0.717) is 24.0 Å². The number of fused-ring (bicyclic) bond motifs is 1. The van der Waals surface area contributed by atoms with Crippen molar-refractivity contribution in [1.29, 1.82) is 0 Å². The van der Waals surface area contributed by atoms with Crippen molar-refractivity contribution in [3.8, 4) is 0 Å². The number of nitrogens with two attached hydrogens (primary N) is 1. The largest absolute Gasteiger partial charge is 0.370 e. The molecule has 2 aliphatic rings. The molecule has 3 N–H and O–H groups in total.